The largest absolute Gasteiger partial charge is 0.411 e. The molecule has 0 aliphatic carbocycles. The molecule has 2 saturated heterocycles. The zero-order valence-electron chi connectivity index (χ0n) is 32.8. The van der Waals surface area contributed by atoms with Gasteiger partial charge in [-0.15, -0.1) is 0 Å². The number of fused-ring (bicyclic) bond motifs is 2. The number of nitrogens with one attached hydrogen (secondary N) is 2. The van der Waals surface area contributed by atoms with Gasteiger partial charge in [-0.1, -0.05) is 69.2 Å². The Bertz CT molecular complexity index is 2440. The SMILES string of the molecule is CC[C@@]1(/C=N/O)O[C@@H](c2ccc3c(NC(=O)c4ccccc4)ncnn23)[C@H](F)[C@@H]1C.CC[C@@]1(CO)O[C@@H](c2ccc3c(NC(=O)c4ccccc4)ncnn23)[C@H](F)[C@@H]1C. The first-order chi connectivity index (χ1) is 28.5. The maximum absolute atomic E-state index is 15.2. The van der Waals surface area contributed by atoms with Gasteiger partial charge in [0.1, 0.15) is 53.8 Å². The number of oxime groups is 1. The molecule has 308 valence electrons. The summed E-state index contributed by atoms with van der Waals surface area (Å²) < 4.78 is 45.4. The number of hydrogen-bond acceptors (Lipinski definition) is 11. The lowest BCUT2D eigenvalue weighted by Crippen LogP contribution is -2.39. The Morgan fingerprint density at radius 3 is 1.64 bits per heavy atom. The summed E-state index contributed by atoms with van der Waals surface area (Å²) in [6.45, 7) is 6.95. The molecule has 59 heavy (non-hydrogen) atoms. The smallest absolute Gasteiger partial charge is 0.256 e. The van der Waals surface area contributed by atoms with Crippen molar-refractivity contribution in [1.82, 2.24) is 29.2 Å². The Kier molecular flexibility index (Phi) is 11.8. The van der Waals surface area contributed by atoms with Gasteiger partial charge in [-0.05, 0) is 61.4 Å². The predicted molar refractivity (Wildman–Crippen MR) is 214 cm³/mol. The van der Waals surface area contributed by atoms with E-state index in [1.54, 1.807) is 86.6 Å². The molecule has 8 rings (SSSR count). The molecule has 2 aromatic carbocycles. The van der Waals surface area contributed by atoms with Crippen LogP contribution in [0.3, 0.4) is 0 Å². The summed E-state index contributed by atoms with van der Waals surface area (Å²) >= 11 is 0. The number of hydrogen-bond donors (Lipinski definition) is 4. The third-order valence-corrected chi connectivity index (χ3v) is 11.6. The highest BCUT2D eigenvalue weighted by Gasteiger charge is 2.54. The minimum absolute atomic E-state index is 0.252. The van der Waals surface area contributed by atoms with Crippen molar-refractivity contribution in [2.75, 3.05) is 17.2 Å². The number of aliphatic hydroxyl groups is 1. The van der Waals surface area contributed by atoms with Crippen LogP contribution in [-0.2, 0) is 9.47 Å². The molecule has 17 heteroatoms. The summed E-state index contributed by atoms with van der Waals surface area (Å²) in [5.74, 6) is -0.957. The van der Waals surface area contributed by atoms with Crippen LogP contribution in [0.5, 0.6) is 0 Å². The molecule has 4 aromatic heterocycles. The van der Waals surface area contributed by atoms with Crippen molar-refractivity contribution in [1.29, 1.82) is 0 Å². The van der Waals surface area contributed by atoms with Gasteiger partial charge in [-0.3, -0.25) is 9.59 Å². The molecule has 8 atom stereocenters. The third-order valence-electron chi connectivity index (χ3n) is 11.6. The van der Waals surface area contributed by atoms with Gasteiger partial charge in [0.05, 0.1) is 29.8 Å². The second-order valence-corrected chi connectivity index (χ2v) is 14.6. The summed E-state index contributed by atoms with van der Waals surface area (Å²) in [6.07, 6.45) is 0.397. The van der Waals surface area contributed by atoms with Crippen LogP contribution in [0.1, 0.15) is 84.8 Å². The number of nitrogens with zero attached hydrogens (tertiary/aromatic N) is 7. The fraction of sp³-hybridized carbons (Fsp3) is 0.357. The molecule has 6 heterocycles. The molecule has 0 unspecified atom stereocenters. The Labute approximate surface area is 338 Å². The van der Waals surface area contributed by atoms with Crippen molar-refractivity contribution in [3.8, 4) is 0 Å². The van der Waals surface area contributed by atoms with Crippen LogP contribution in [0.15, 0.2) is 103 Å². The van der Waals surface area contributed by atoms with Gasteiger partial charge in [0.15, 0.2) is 11.6 Å². The molecule has 15 nitrogen and oxygen atoms in total. The molecule has 4 N–H and O–H groups in total. The highest BCUT2D eigenvalue weighted by atomic mass is 19.1. The lowest BCUT2D eigenvalue weighted by molar-refractivity contribution is -0.0936. The molecule has 0 spiro atoms. The lowest BCUT2D eigenvalue weighted by Gasteiger charge is -2.29. The van der Waals surface area contributed by atoms with E-state index in [0.717, 1.165) is 0 Å². The van der Waals surface area contributed by atoms with E-state index < -0.39 is 47.6 Å². The van der Waals surface area contributed by atoms with Crippen molar-refractivity contribution >= 4 is 40.7 Å². The molecule has 2 amide bonds. The number of anilines is 2. The van der Waals surface area contributed by atoms with E-state index in [1.807, 2.05) is 26.0 Å². The number of alkyl halides is 2. The van der Waals surface area contributed by atoms with Gasteiger partial charge in [0.2, 0.25) is 0 Å². The van der Waals surface area contributed by atoms with Crippen molar-refractivity contribution in [2.24, 2.45) is 17.0 Å². The fourth-order valence-electron chi connectivity index (χ4n) is 7.88. The van der Waals surface area contributed by atoms with Crippen molar-refractivity contribution in [2.45, 2.75) is 76.3 Å². The van der Waals surface area contributed by atoms with Crippen LogP contribution in [0, 0.1) is 11.8 Å². The summed E-state index contributed by atoms with van der Waals surface area (Å²) in [6, 6.07) is 24.4. The Morgan fingerprint density at radius 1 is 0.746 bits per heavy atom. The number of benzene rings is 2. The summed E-state index contributed by atoms with van der Waals surface area (Å²) in [5.41, 5.74) is 1.12. The van der Waals surface area contributed by atoms with E-state index in [4.69, 9.17) is 14.7 Å². The van der Waals surface area contributed by atoms with E-state index in [-0.39, 0.29) is 18.4 Å². The Balaban J connectivity index is 0.000000179. The number of carbonyl (C=O) groups excluding carboxylic acids is 2. The van der Waals surface area contributed by atoms with E-state index in [1.165, 1.54) is 27.9 Å². The molecule has 0 radical (unpaired) electrons. The number of rotatable bonds is 10. The zero-order valence-corrected chi connectivity index (χ0v) is 32.8. The molecule has 2 fully saturated rings. The van der Waals surface area contributed by atoms with Crippen molar-refractivity contribution in [3.63, 3.8) is 0 Å². The summed E-state index contributed by atoms with van der Waals surface area (Å²) in [7, 11) is 0. The summed E-state index contributed by atoms with van der Waals surface area (Å²) in [4.78, 5) is 33.3. The van der Waals surface area contributed by atoms with E-state index in [9.17, 15) is 14.7 Å². The molecule has 2 aliphatic rings. The van der Waals surface area contributed by atoms with Crippen molar-refractivity contribution < 1.29 is 38.2 Å². The van der Waals surface area contributed by atoms with Crippen molar-refractivity contribution in [3.05, 3.63) is 120 Å². The van der Waals surface area contributed by atoms with Crippen LogP contribution in [0.2, 0.25) is 0 Å². The molecule has 0 saturated carbocycles. The highest BCUT2D eigenvalue weighted by Crippen LogP contribution is 2.48. The van der Waals surface area contributed by atoms with E-state index in [2.05, 4.69) is 36.0 Å². The molecule has 2 aliphatic heterocycles. The molecule has 0 bridgehead atoms. The van der Waals surface area contributed by atoms with Gasteiger partial charge in [0.25, 0.3) is 11.8 Å². The van der Waals surface area contributed by atoms with Gasteiger partial charge < -0.3 is 30.4 Å². The minimum atomic E-state index is -1.33. The zero-order chi connectivity index (χ0) is 41.9. The average molecular weight is 810 g/mol. The number of halogens is 2. The number of aliphatic hydroxyl groups excluding tert-OH is 1. The first kappa shape index (κ1) is 41.0. The average Bonchev–Trinajstić information content (AvgIpc) is 4.02. The van der Waals surface area contributed by atoms with E-state index in [0.29, 0.717) is 58.0 Å². The van der Waals surface area contributed by atoms with Crippen LogP contribution >= 0.6 is 0 Å². The first-order valence-corrected chi connectivity index (χ1v) is 19.3. The molecule has 6 aromatic rings. The Morgan fingerprint density at radius 2 is 1.22 bits per heavy atom. The fourth-order valence-corrected chi connectivity index (χ4v) is 7.88. The number of ether oxygens (including phenoxy) is 2. The number of carbonyl (C=O) groups is 2. The van der Waals surface area contributed by atoms with E-state index >= 15 is 8.78 Å². The van der Waals surface area contributed by atoms with Crippen LogP contribution in [0.25, 0.3) is 11.0 Å². The third kappa shape index (κ3) is 7.52. The first-order valence-electron chi connectivity index (χ1n) is 19.3. The van der Waals surface area contributed by atoms with Crippen LogP contribution in [0.4, 0.5) is 20.4 Å². The lowest BCUT2D eigenvalue weighted by atomic mass is 9.85. The Hall–Kier alpha value is -6.17. The molecular weight excluding hydrogens is 765 g/mol. The van der Waals surface area contributed by atoms with Gasteiger partial charge in [0, 0.05) is 23.0 Å². The topological polar surface area (TPSA) is 190 Å². The van der Waals surface area contributed by atoms with Gasteiger partial charge in [-0.25, -0.2) is 27.8 Å². The number of amides is 2. The van der Waals surface area contributed by atoms with Gasteiger partial charge in [-0.2, -0.15) is 10.2 Å². The molecular formula is C42H45F2N9O6. The monoisotopic (exact) mass is 809 g/mol. The second-order valence-electron chi connectivity index (χ2n) is 14.6. The summed E-state index contributed by atoms with van der Waals surface area (Å²) in [5, 5.41) is 36.0. The highest BCUT2D eigenvalue weighted by molar-refractivity contribution is 6.06. The standard InChI is InChI=1S/C21H22FN5O3.C21H23FN4O3/c1-3-21(11-25-29)13(2)17(22)18(30-21)15-9-10-16-19(23-12-24-27(15)16)26-20(28)14-7-5-4-6-8-14;1-3-21(11-27)13(2)17(22)18(29-21)15-9-10-16-19(23-12-24-26(15)16)25-20(28)14-7-5-4-6-8-14/h4-13,17-18,29H,3H2,1-2H3,(H,23,24,26,28);4-10,12-13,17-18,27H,3,11H2,1-2H3,(H,23,24,25,28)/b25-11+;/t2*13-,17+,18-,21-/m00/s1. The maximum atomic E-state index is 15.2. The normalized spacial score (nSPS) is 26.6. The minimum Gasteiger partial charge on any atom is -0.411 e. The van der Waals surface area contributed by atoms with Crippen LogP contribution < -0.4 is 10.6 Å². The van der Waals surface area contributed by atoms with Gasteiger partial charge >= 0.3 is 0 Å². The maximum Gasteiger partial charge on any atom is 0.256 e. The quantitative estimate of drug-likeness (QED) is 0.0650. The number of aromatic nitrogens is 6. The predicted octanol–water partition coefficient (Wildman–Crippen LogP) is 6.80. The second kappa shape index (κ2) is 17.0. The van der Waals surface area contributed by atoms with Crippen LogP contribution in [-0.4, -0.2) is 87.7 Å².